The smallest absolute Gasteiger partial charge is 0.122 e. The lowest BCUT2D eigenvalue weighted by Gasteiger charge is -2.55. The highest BCUT2D eigenvalue weighted by atomic mass is 32.2. The van der Waals surface area contributed by atoms with Gasteiger partial charge in [0.1, 0.15) is 29.1 Å². The molecule has 2 bridgehead atoms. The minimum absolute atomic E-state index is 0.0935. The minimum atomic E-state index is 0.0935. The van der Waals surface area contributed by atoms with Crippen LogP contribution in [-0.4, -0.2) is 35.7 Å². The Labute approximate surface area is 168 Å². The molecule has 138 valence electrons. The van der Waals surface area contributed by atoms with Gasteiger partial charge in [-0.15, -0.1) is 11.3 Å². The number of nitriles is 1. The van der Waals surface area contributed by atoms with Crippen LogP contribution >= 0.6 is 23.3 Å². The van der Waals surface area contributed by atoms with E-state index in [1.54, 1.807) is 11.9 Å². The highest BCUT2D eigenvalue weighted by Gasteiger charge is 2.51. The molecule has 6 heteroatoms. The van der Waals surface area contributed by atoms with Gasteiger partial charge in [-0.1, -0.05) is 0 Å². The van der Waals surface area contributed by atoms with Crippen LogP contribution in [0.25, 0.3) is 10.4 Å². The minimum Gasteiger partial charge on any atom is -0.493 e. The van der Waals surface area contributed by atoms with Crippen LogP contribution in [0.2, 0.25) is 0 Å². The van der Waals surface area contributed by atoms with Gasteiger partial charge in [-0.3, -0.25) is 0 Å². The zero-order valence-corrected chi connectivity index (χ0v) is 16.7. The van der Waals surface area contributed by atoms with E-state index in [9.17, 15) is 0 Å². The summed E-state index contributed by atoms with van der Waals surface area (Å²) in [6.45, 7) is 1.85. The number of piperidine rings is 2. The second-order valence-corrected chi connectivity index (χ2v) is 9.47. The maximum absolute atomic E-state index is 8.99. The van der Waals surface area contributed by atoms with Gasteiger partial charge in [-0.2, -0.15) is 5.26 Å². The lowest BCUT2D eigenvalue weighted by atomic mass is 9.67. The maximum atomic E-state index is 8.99. The second-order valence-electron chi connectivity index (χ2n) is 7.54. The fourth-order valence-corrected chi connectivity index (χ4v) is 6.15. The van der Waals surface area contributed by atoms with Crippen molar-refractivity contribution in [3.8, 4) is 22.3 Å². The topological polar surface area (TPSA) is 48.6 Å². The zero-order valence-electron chi connectivity index (χ0n) is 15.1. The van der Waals surface area contributed by atoms with E-state index in [0.717, 1.165) is 33.4 Å². The Balaban J connectivity index is 1.31. The molecule has 27 heavy (non-hydrogen) atoms. The van der Waals surface area contributed by atoms with Gasteiger partial charge >= 0.3 is 0 Å². The van der Waals surface area contributed by atoms with Crippen molar-refractivity contribution in [3.05, 3.63) is 41.3 Å². The Morgan fingerprint density at radius 3 is 2.74 bits per heavy atom. The zero-order chi connectivity index (χ0) is 18.3. The molecule has 0 amide bonds. The van der Waals surface area contributed by atoms with Gasteiger partial charge in [-0.05, 0) is 79.6 Å². The van der Waals surface area contributed by atoms with Crippen molar-refractivity contribution in [2.75, 3.05) is 18.9 Å². The Morgan fingerprint density at radius 1 is 1.19 bits per heavy atom. The molecule has 0 atom stereocenters. The van der Waals surface area contributed by atoms with Crippen molar-refractivity contribution in [1.29, 1.82) is 5.26 Å². The van der Waals surface area contributed by atoms with Crippen LogP contribution in [0, 0.1) is 16.7 Å². The van der Waals surface area contributed by atoms with Crippen molar-refractivity contribution in [2.24, 2.45) is 9.81 Å². The first-order valence-electron chi connectivity index (χ1n) is 9.48. The van der Waals surface area contributed by atoms with Gasteiger partial charge in [0.2, 0.25) is 0 Å². The summed E-state index contributed by atoms with van der Waals surface area (Å²) in [5, 5.41) is 8.99. The van der Waals surface area contributed by atoms with Crippen LogP contribution in [0.1, 0.15) is 30.6 Å². The average Bonchev–Trinajstić information content (AvgIpc) is 3.23. The molecule has 4 aliphatic rings. The van der Waals surface area contributed by atoms with Gasteiger partial charge in [0.15, 0.2) is 0 Å². The molecule has 2 aromatic rings. The van der Waals surface area contributed by atoms with E-state index in [0.29, 0.717) is 12.6 Å². The van der Waals surface area contributed by atoms with Crippen LogP contribution in [0.4, 0.5) is 0 Å². The first kappa shape index (κ1) is 17.2. The van der Waals surface area contributed by atoms with Crippen molar-refractivity contribution in [1.82, 2.24) is 4.90 Å². The highest BCUT2D eigenvalue weighted by Crippen LogP contribution is 2.48. The number of hydrogen-bond acceptors (Lipinski definition) is 6. The molecule has 1 aromatic carbocycles. The first-order chi connectivity index (χ1) is 13.3. The molecular weight excluding hydrogens is 374 g/mol. The van der Waals surface area contributed by atoms with E-state index in [1.807, 2.05) is 24.3 Å². The van der Waals surface area contributed by atoms with Crippen LogP contribution < -0.4 is 4.74 Å². The predicted octanol–water partition coefficient (Wildman–Crippen LogP) is 4.97. The third-order valence-electron chi connectivity index (χ3n) is 6.04. The summed E-state index contributed by atoms with van der Waals surface area (Å²) in [6, 6.07) is 15.0. The Bertz CT molecular complexity index is 904. The standard InChI is InChI=1S/C21H21N3OS2/c22-13-18-5-6-19(27-18)15-1-3-17(4-2-15)25-14-21-9-7-16(8-10-21)24-11-12-26-23-20(21)24/h1-6,16H,7-12,14H2. The number of hydrogen-bond donors (Lipinski definition) is 0. The Hall–Kier alpha value is -1.97. The third-order valence-corrected chi connectivity index (χ3v) is 7.75. The number of ether oxygens (including phenoxy) is 1. The molecule has 0 unspecified atom stereocenters. The summed E-state index contributed by atoms with van der Waals surface area (Å²) in [5.41, 5.74) is 1.22. The second kappa shape index (κ2) is 6.88. The normalized spacial score (nSPS) is 26.3. The van der Waals surface area contributed by atoms with E-state index in [4.69, 9.17) is 14.4 Å². The van der Waals surface area contributed by atoms with Gasteiger partial charge in [0.05, 0.1) is 5.41 Å². The van der Waals surface area contributed by atoms with E-state index in [-0.39, 0.29) is 5.41 Å². The number of benzene rings is 1. The van der Waals surface area contributed by atoms with E-state index in [1.165, 1.54) is 42.9 Å². The quantitative estimate of drug-likeness (QED) is 0.686. The molecule has 1 aliphatic carbocycles. The molecule has 0 spiro atoms. The lowest BCUT2D eigenvalue weighted by Crippen LogP contribution is -2.61. The largest absolute Gasteiger partial charge is 0.493 e. The molecule has 2 saturated heterocycles. The van der Waals surface area contributed by atoms with Crippen molar-refractivity contribution < 1.29 is 4.74 Å². The molecule has 1 saturated carbocycles. The number of thiophene rings is 1. The van der Waals surface area contributed by atoms with Gasteiger partial charge in [0.25, 0.3) is 0 Å². The van der Waals surface area contributed by atoms with Crippen LogP contribution in [0.3, 0.4) is 0 Å². The molecule has 6 rings (SSSR count). The summed E-state index contributed by atoms with van der Waals surface area (Å²) < 4.78 is 11.1. The SMILES string of the molecule is N#Cc1ccc(-c2ccc(OCC34CCC(CC3)N3CCSN=C34)cc2)s1. The molecule has 1 aromatic heterocycles. The molecule has 4 nitrogen and oxygen atoms in total. The molecular formula is C21H21N3OS2. The van der Waals surface area contributed by atoms with Crippen LogP contribution in [-0.2, 0) is 0 Å². The monoisotopic (exact) mass is 395 g/mol. The summed E-state index contributed by atoms with van der Waals surface area (Å²) in [5.74, 6) is 3.31. The van der Waals surface area contributed by atoms with E-state index in [2.05, 4.69) is 23.1 Å². The van der Waals surface area contributed by atoms with E-state index >= 15 is 0 Å². The first-order valence-corrected chi connectivity index (χ1v) is 11.2. The predicted molar refractivity (Wildman–Crippen MR) is 111 cm³/mol. The van der Waals surface area contributed by atoms with Crippen molar-refractivity contribution >= 4 is 29.1 Å². The summed E-state index contributed by atoms with van der Waals surface area (Å²) in [4.78, 5) is 4.42. The fourth-order valence-electron chi connectivity index (χ4n) is 4.55. The van der Waals surface area contributed by atoms with E-state index < -0.39 is 0 Å². The summed E-state index contributed by atoms with van der Waals surface area (Å²) in [7, 11) is 0. The lowest BCUT2D eigenvalue weighted by molar-refractivity contribution is 0.0662. The van der Waals surface area contributed by atoms with Gasteiger partial charge < -0.3 is 9.64 Å². The summed E-state index contributed by atoms with van der Waals surface area (Å²) >= 11 is 3.24. The summed E-state index contributed by atoms with van der Waals surface area (Å²) in [6.07, 6.45) is 4.92. The molecule has 3 aliphatic heterocycles. The van der Waals surface area contributed by atoms with Crippen LogP contribution in [0.5, 0.6) is 5.75 Å². The van der Waals surface area contributed by atoms with Crippen molar-refractivity contribution in [3.63, 3.8) is 0 Å². The third kappa shape index (κ3) is 3.03. The molecule has 0 radical (unpaired) electrons. The Morgan fingerprint density at radius 2 is 2.00 bits per heavy atom. The number of amidine groups is 1. The molecule has 3 fully saturated rings. The van der Waals surface area contributed by atoms with Gasteiger partial charge in [-0.25, -0.2) is 4.40 Å². The highest BCUT2D eigenvalue weighted by molar-refractivity contribution is 7.98. The number of nitrogens with zero attached hydrogens (tertiary/aromatic N) is 3. The molecule has 4 heterocycles. The number of fused-ring (bicyclic) bond motifs is 2. The maximum Gasteiger partial charge on any atom is 0.122 e. The van der Waals surface area contributed by atoms with Gasteiger partial charge in [0, 0.05) is 23.2 Å². The Kier molecular flexibility index (Phi) is 4.37. The van der Waals surface area contributed by atoms with Crippen molar-refractivity contribution in [2.45, 2.75) is 31.7 Å². The molecule has 0 N–H and O–H groups in total. The van der Waals surface area contributed by atoms with Crippen LogP contribution in [0.15, 0.2) is 40.8 Å². The number of rotatable bonds is 4. The fraction of sp³-hybridized carbons (Fsp3) is 0.429. The average molecular weight is 396 g/mol.